The van der Waals surface area contributed by atoms with Crippen molar-refractivity contribution in [3.8, 4) is 17.6 Å². The third-order valence-corrected chi connectivity index (χ3v) is 15.3. The normalized spacial score (nSPS) is 28.6. The van der Waals surface area contributed by atoms with Gasteiger partial charge in [-0.1, -0.05) is 122 Å². The van der Waals surface area contributed by atoms with Crippen molar-refractivity contribution >= 4 is 5.97 Å². The molecule has 3 fully saturated rings. The molecule has 8 atom stereocenters. The van der Waals surface area contributed by atoms with Gasteiger partial charge >= 0.3 is 5.97 Å². The lowest BCUT2D eigenvalue weighted by Crippen LogP contribution is -2.51. The lowest BCUT2D eigenvalue weighted by Gasteiger charge is -2.58. The molecule has 0 radical (unpaired) electrons. The van der Waals surface area contributed by atoms with Crippen molar-refractivity contribution in [1.29, 1.82) is 0 Å². The molecule has 0 aromatic heterocycles. The quantitative estimate of drug-likeness (QED) is 0.0657. The molecule has 0 amide bonds. The average molecular weight is 761 g/mol. The standard InChI is InChI=1S/C53H76O3/c1-7-8-9-13-37-55-45-28-25-43(26-29-45)24-23-42-21-19-41(20-22-42)17-11-10-12-18-51(54)56-46-33-35-52(5)44(38-46)27-30-47-49-32-31-48(40(4)16-14-15-39(2)3)53(49,6)36-34-50(47)52/h19-22,25-29,39-40,46-50H,7-18,30-38H2,1-6H3/t40-,46+,47+,48-,49+,50+,52+,53-/m1/s1. The van der Waals surface area contributed by atoms with Gasteiger partial charge in [0.1, 0.15) is 11.9 Å². The van der Waals surface area contributed by atoms with E-state index in [1.54, 1.807) is 5.57 Å². The summed E-state index contributed by atoms with van der Waals surface area (Å²) in [7, 11) is 0. The third kappa shape index (κ3) is 10.7. The van der Waals surface area contributed by atoms with E-state index < -0.39 is 0 Å². The molecule has 3 heteroatoms. The summed E-state index contributed by atoms with van der Waals surface area (Å²) in [4.78, 5) is 13.0. The van der Waals surface area contributed by atoms with Crippen LogP contribution in [-0.2, 0) is 16.0 Å². The molecule has 0 spiro atoms. The Labute approximate surface area is 342 Å². The van der Waals surface area contributed by atoms with Crippen LogP contribution >= 0.6 is 0 Å². The van der Waals surface area contributed by atoms with Gasteiger partial charge < -0.3 is 9.47 Å². The number of hydrogen-bond acceptors (Lipinski definition) is 3. The Morgan fingerprint density at radius 2 is 1.52 bits per heavy atom. The van der Waals surface area contributed by atoms with E-state index in [1.807, 2.05) is 24.3 Å². The van der Waals surface area contributed by atoms with Gasteiger partial charge in [0.25, 0.3) is 0 Å². The Morgan fingerprint density at radius 3 is 2.25 bits per heavy atom. The highest BCUT2D eigenvalue weighted by atomic mass is 16.5. The maximum absolute atomic E-state index is 13.0. The number of fused-ring (bicyclic) bond motifs is 5. The summed E-state index contributed by atoms with van der Waals surface area (Å²) in [6.45, 7) is 15.6. The fourth-order valence-corrected chi connectivity index (χ4v) is 12.0. The van der Waals surface area contributed by atoms with Crippen LogP contribution in [0.3, 0.4) is 0 Å². The van der Waals surface area contributed by atoms with Gasteiger partial charge in [0.2, 0.25) is 0 Å². The van der Waals surface area contributed by atoms with Crippen molar-refractivity contribution in [2.24, 2.45) is 46.3 Å². The molecule has 4 aliphatic rings. The number of carbonyl (C=O) groups excluding carboxylic acids is 1. The predicted octanol–water partition coefficient (Wildman–Crippen LogP) is 14.1. The largest absolute Gasteiger partial charge is 0.494 e. The van der Waals surface area contributed by atoms with Crippen LogP contribution in [0.4, 0.5) is 0 Å². The smallest absolute Gasteiger partial charge is 0.306 e. The first-order valence-corrected chi connectivity index (χ1v) is 23.3. The van der Waals surface area contributed by atoms with E-state index in [-0.39, 0.29) is 12.1 Å². The maximum atomic E-state index is 13.0. The van der Waals surface area contributed by atoms with E-state index in [2.05, 4.69) is 83.7 Å². The highest BCUT2D eigenvalue weighted by molar-refractivity contribution is 5.69. The molecular formula is C53H76O3. The minimum Gasteiger partial charge on any atom is -0.494 e. The number of aryl methyl sites for hydroxylation is 1. The van der Waals surface area contributed by atoms with Crippen LogP contribution in [0.15, 0.2) is 60.2 Å². The average Bonchev–Trinajstić information content (AvgIpc) is 3.55. The Bertz CT molecular complexity index is 1620. The second-order valence-electron chi connectivity index (χ2n) is 19.6. The molecule has 0 saturated heterocycles. The Balaban J connectivity index is 0.884. The molecule has 4 aliphatic carbocycles. The maximum Gasteiger partial charge on any atom is 0.306 e. The monoisotopic (exact) mass is 761 g/mol. The minimum absolute atomic E-state index is 0.00772. The summed E-state index contributed by atoms with van der Waals surface area (Å²) < 4.78 is 12.0. The number of hydrogen-bond donors (Lipinski definition) is 0. The van der Waals surface area contributed by atoms with Crippen LogP contribution in [0.1, 0.15) is 180 Å². The summed E-state index contributed by atoms with van der Waals surface area (Å²) in [6, 6.07) is 16.7. The number of carbonyl (C=O) groups is 1. The van der Waals surface area contributed by atoms with E-state index in [9.17, 15) is 4.79 Å². The highest BCUT2D eigenvalue weighted by Gasteiger charge is 2.59. The minimum atomic E-state index is 0.00772. The van der Waals surface area contributed by atoms with Crippen molar-refractivity contribution < 1.29 is 14.3 Å². The van der Waals surface area contributed by atoms with E-state index >= 15 is 0 Å². The van der Waals surface area contributed by atoms with Crippen molar-refractivity contribution in [3.05, 3.63) is 76.9 Å². The second-order valence-corrected chi connectivity index (χ2v) is 19.6. The van der Waals surface area contributed by atoms with Crippen molar-refractivity contribution in [3.63, 3.8) is 0 Å². The zero-order valence-corrected chi connectivity index (χ0v) is 36.3. The van der Waals surface area contributed by atoms with Crippen LogP contribution < -0.4 is 4.74 Å². The summed E-state index contributed by atoms with van der Waals surface area (Å²) >= 11 is 0. The molecule has 306 valence electrons. The van der Waals surface area contributed by atoms with Crippen molar-refractivity contribution in [2.75, 3.05) is 6.61 Å². The number of allylic oxidation sites excluding steroid dienone is 1. The Morgan fingerprint density at radius 1 is 0.786 bits per heavy atom. The molecule has 3 nitrogen and oxygen atoms in total. The molecule has 0 heterocycles. The first kappa shape index (κ1) is 42.6. The number of unbranched alkanes of at least 4 members (excludes halogenated alkanes) is 5. The number of benzene rings is 2. The van der Waals surface area contributed by atoms with Gasteiger partial charge in [-0.15, -0.1) is 0 Å². The predicted molar refractivity (Wildman–Crippen MR) is 234 cm³/mol. The fourth-order valence-electron chi connectivity index (χ4n) is 12.0. The summed E-state index contributed by atoms with van der Waals surface area (Å²) in [6.07, 6.45) is 26.5. The van der Waals surface area contributed by atoms with E-state index in [0.29, 0.717) is 17.3 Å². The van der Waals surface area contributed by atoms with Crippen LogP contribution in [-0.4, -0.2) is 18.7 Å². The molecule has 2 aromatic carbocycles. The van der Waals surface area contributed by atoms with E-state index in [0.717, 1.165) is 104 Å². The van der Waals surface area contributed by atoms with Gasteiger partial charge in [-0.25, -0.2) is 0 Å². The molecule has 0 unspecified atom stereocenters. The summed E-state index contributed by atoms with van der Waals surface area (Å²) in [5, 5.41) is 0. The second kappa shape index (κ2) is 20.1. The molecule has 2 aromatic rings. The van der Waals surface area contributed by atoms with E-state index in [4.69, 9.17) is 9.47 Å². The van der Waals surface area contributed by atoms with Gasteiger partial charge in [-0.05, 0) is 159 Å². The van der Waals surface area contributed by atoms with Crippen molar-refractivity contribution in [2.45, 2.75) is 176 Å². The molecule has 6 rings (SSSR count). The summed E-state index contributed by atoms with van der Waals surface area (Å²) in [5.41, 5.74) is 5.80. The molecule has 0 aliphatic heterocycles. The van der Waals surface area contributed by atoms with Gasteiger partial charge in [0.15, 0.2) is 0 Å². The van der Waals surface area contributed by atoms with Crippen LogP contribution in [0.5, 0.6) is 5.75 Å². The number of ether oxygens (including phenoxy) is 2. The van der Waals surface area contributed by atoms with Gasteiger partial charge in [0, 0.05) is 24.0 Å². The van der Waals surface area contributed by atoms with Crippen molar-refractivity contribution in [1.82, 2.24) is 0 Å². The summed E-state index contributed by atoms with van der Waals surface area (Å²) in [5.74, 6) is 12.7. The zero-order chi connectivity index (χ0) is 39.5. The number of rotatable bonds is 18. The lowest BCUT2D eigenvalue weighted by molar-refractivity contribution is -0.151. The zero-order valence-electron chi connectivity index (χ0n) is 36.3. The third-order valence-electron chi connectivity index (χ3n) is 15.3. The Hall–Kier alpha value is -2.99. The lowest BCUT2D eigenvalue weighted by atomic mass is 9.47. The molecule has 56 heavy (non-hydrogen) atoms. The van der Waals surface area contributed by atoms with Gasteiger partial charge in [-0.2, -0.15) is 0 Å². The molecule has 0 bridgehead atoms. The fraction of sp³-hybridized carbons (Fsp3) is 0.679. The first-order valence-electron chi connectivity index (χ1n) is 23.3. The van der Waals surface area contributed by atoms with Crippen LogP contribution in [0.2, 0.25) is 0 Å². The molecule has 0 N–H and O–H groups in total. The van der Waals surface area contributed by atoms with Gasteiger partial charge in [0.05, 0.1) is 6.61 Å². The topological polar surface area (TPSA) is 35.5 Å². The SMILES string of the molecule is CCCCCCOc1ccc(C#Cc2ccc(CCCCCC(=O)O[C@H]3CC[C@@]4(C)C(=CC[C@H]5[C@@H]6CC[C@H]([C@H](C)CCCC(C)C)[C@@]6(C)CC[C@@H]54)C3)cc2)cc1. The molecule has 3 saturated carbocycles. The number of esters is 1. The highest BCUT2D eigenvalue weighted by Crippen LogP contribution is 2.67. The van der Waals surface area contributed by atoms with Crippen LogP contribution in [0, 0.1) is 58.2 Å². The van der Waals surface area contributed by atoms with E-state index in [1.165, 1.54) is 82.6 Å². The van der Waals surface area contributed by atoms with Crippen LogP contribution in [0.25, 0.3) is 0 Å². The first-order chi connectivity index (χ1) is 27.1. The molecular weight excluding hydrogens is 685 g/mol. The van der Waals surface area contributed by atoms with Gasteiger partial charge in [-0.3, -0.25) is 4.79 Å². The Kier molecular flexibility index (Phi) is 15.3.